The van der Waals surface area contributed by atoms with Crippen molar-refractivity contribution in [3.8, 4) is 22.3 Å². The Morgan fingerprint density at radius 1 is 1.07 bits per heavy atom. The number of piperidine rings is 1. The third kappa shape index (κ3) is 6.73. The Morgan fingerprint density at radius 2 is 1.78 bits per heavy atom. The molecule has 2 amide bonds. The fourth-order valence-electron chi connectivity index (χ4n) is 4.80. The van der Waals surface area contributed by atoms with E-state index in [4.69, 9.17) is 9.15 Å². The molecule has 1 N–H and O–H groups in total. The van der Waals surface area contributed by atoms with Gasteiger partial charge in [0.05, 0.1) is 12.7 Å². The molecular weight excluding hydrogens is 547 g/mol. The molecule has 4 aromatic rings. The number of ether oxygens (including phenoxy) is 1. The fourth-order valence-corrected chi connectivity index (χ4v) is 5.05. The van der Waals surface area contributed by atoms with Crippen LogP contribution >= 0.6 is 9.24 Å². The lowest BCUT2D eigenvalue weighted by atomic mass is 9.96. The van der Waals surface area contributed by atoms with Crippen LogP contribution in [0.2, 0.25) is 0 Å². The highest BCUT2D eigenvalue weighted by molar-refractivity contribution is 7.18. The van der Waals surface area contributed by atoms with Crippen molar-refractivity contribution in [2.75, 3.05) is 13.1 Å². The molecule has 10 heteroatoms. The quantitative estimate of drug-likeness (QED) is 0.255. The summed E-state index contributed by atoms with van der Waals surface area (Å²) >= 11 is 0. The fraction of sp³-hybridized carbons (Fsp3) is 0.323. The molecule has 2 aromatic heterocycles. The van der Waals surface area contributed by atoms with Crippen molar-refractivity contribution in [1.29, 1.82) is 0 Å². The van der Waals surface area contributed by atoms with E-state index in [1.807, 2.05) is 24.3 Å². The molecule has 1 aliphatic rings. The number of likely N-dealkylation sites (tertiary alicyclic amines) is 1. The number of furan rings is 1. The minimum Gasteiger partial charge on any atom is -0.459 e. The van der Waals surface area contributed by atoms with Crippen molar-refractivity contribution >= 4 is 32.2 Å². The van der Waals surface area contributed by atoms with E-state index in [2.05, 4.69) is 19.5 Å². The van der Waals surface area contributed by atoms with Crippen molar-refractivity contribution in [2.24, 2.45) is 0 Å². The highest BCUT2D eigenvalue weighted by Gasteiger charge is 2.32. The Morgan fingerprint density at radius 3 is 2.44 bits per heavy atom. The topological polar surface area (TPSA) is 84.7 Å². The Labute approximate surface area is 239 Å². The second kappa shape index (κ2) is 11.2. The zero-order valence-electron chi connectivity index (χ0n) is 23.2. The number of carbonyl (C=O) groups is 2. The van der Waals surface area contributed by atoms with Gasteiger partial charge in [0.15, 0.2) is 0 Å². The first-order valence-electron chi connectivity index (χ1n) is 13.4. The molecule has 1 aliphatic heterocycles. The number of carbonyl (C=O) groups excluding carboxylic acids is 2. The summed E-state index contributed by atoms with van der Waals surface area (Å²) in [7, 11) is 2.24. The Hall–Kier alpha value is -3.84. The number of alkyl halides is 1. The molecule has 0 bridgehead atoms. The van der Waals surface area contributed by atoms with Gasteiger partial charge in [-0.2, -0.15) is 0 Å². The van der Waals surface area contributed by atoms with Crippen LogP contribution in [0.1, 0.15) is 49.7 Å². The van der Waals surface area contributed by atoms with Crippen LogP contribution in [0.3, 0.4) is 0 Å². The van der Waals surface area contributed by atoms with Gasteiger partial charge in [0, 0.05) is 54.2 Å². The van der Waals surface area contributed by atoms with Gasteiger partial charge >= 0.3 is 6.09 Å². The van der Waals surface area contributed by atoms with Crippen molar-refractivity contribution in [3.05, 3.63) is 78.1 Å². The Balaban J connectivity index is 1.45. The Kier molecular flexibility index (Phi) is 7.84. The maximum absolute atomic E-state index is 14.9. The lowest BCUT2D eigenvalue weighted by molar-refractivity contribution is 0.0519. The summed E-state index contributed by atoms with van der Waals surface area (Å²) in [5, 5.41) is 2.09. The van der Waals surface area contributed by atoms with E-state index in [-0.39, 0.29) is 25.3 Å². The second-order valence-electron chi connectivity index (χ2n) is 11.3. The second-order valence-corrected chi connectivity index (χ2v) is 12.3. The van der Waals surface area contributed by atoms with E-state index in [1.54, 1.807) is 49.9 Å². The minimum absolute atomic E-state index is 0.0880. The number of halogens is 2. The number of rotatable bonds is 5. The molecule has 0 radical (unpaired) electrons. The summed E-state index contributed by atoms with van der Waals surface area (Å²) < 4.78 is 40.4. The lowest BCUT2D eigenvalue weighted by Gasteiger charge is -2.34. The monoisotopic (exact) mass is 579 g/mol. The number of fused-ring (bicyclic) bond motifs is 1. The SMILES string of the molecule is CC(C)(C)OC(=O)NCc1cc2cc(-c3ccc(C(=O)N4CCC(F)(P)CC4)cc3)cc(-c3ccncc3F)c2o1. The van der Waals surface area contributed by atoms with Crippen LogP contribution in [0.25, 0.3) is 33.2 Å². The molecule has 0 spiro atoms. The molecule has 41 heavy (non-hydrogen) atoms. The first-order chi connectivity index (χ1) is 19.4. The van der Waals surface area contributed by atoms with E-state index in [0.717, 1.165) is 22.7 Å². The maximum Gasteiger partial charge on any atom is 0.408 e. The Bertz CT molecular complexity index is 1590. The number of amides is 2. The van der Waals surface area contributed by atoms with Crippen molar-refractivity contribution < 1.29 is 27.5 Å². The van der Waals surface area contributed by atoms with Crippen LogP contribution in [0, 0.1) is 5.82 Å². The molecular formula is C31H32F2N3O4P. The highest BCUT2D eigenvalue weighted by atomic mass is 31.0. The van der Waals surface area contributed by atoms with Crippen LogP contribution < -0.4 is 5.32 Å². The van der Waals surface area contributed by atoms with E-state index in [9.17, 15) is 18.4 Å². The maximum atomic E-state index is 14.9. The average molecular weight is 580 g/mol. The smallest absolute Gasteiger partial charge is 0.408 e. The number of alkyl carbamates (subject to hydrolysis) is 1. The third-order valence-corrected chi connectivity index (χ3v) is 7.46. The van der Waals surface area contributed by atoms with Gasteiger partial charge in [-0.05, 0) is 68.3 Å². The average Bonchev–Trinajstić information content (AvgIpc) is 3.34. The van der Waals surface area contributed by atoms with Crippen LogP contribution in [-0.2, 0) is 11.3 Å². The molecule has 1 unspecified atom stereocenters. The van der Waals surface area contributed by atoms with Crippen LogP contribution in [0.4, 0.5) is 13.6 Å². The van der Waals surface area contributed by atoms with Crippen LogP contribution in [-0.4, -0.2) is 46.0 Å². The molecule has 1 fully saturated rings. The largest absolute Gasteiger partial charge is 0.459 e. The van der Waals surface area contributed by atoms with Gasteiger partial charge in [0.2, 0.25) is 0 Å². The standard InChI is InChI=1S/C31H32F2N3O4P/c1-30(2,3)40-29(38)35-17-23-15-22-14-21(16-25(27(22)39-23)24-8-11-34-18-26(24)32)19-4-6-20(7-5-19)28(37)36-12-9-31(33,41)10-13-36/h4-8,11,14-16,18H,9-10,12-13,17,41H2,1-3H3,(H,35,38). The molecule has 0 aliphatic carbocycles. The van der Waals surface area contributed by atoms with E-state index < -0.39 is 22.9 Å². The molecule has 3 heterocycles. The summed E-state index contributed by atoms with van der Waals surface area (Å²) in [5.41, 5.74) is 2.81. The number of pyridine rings is 1. The van der Waals surface area contributed by atoms with E-state index in [1.165, 1.54) is 6.20 Å². The summed E-state index contributed by atoms with van der Waals surface area (Å²) in [6, 6.07) is 14.3. The first-order valence-corrected chi connectivity index (χ1v) is 14.0. The number of nitrogens with zero attached hydrogens (tertiary/aromatic N) is 2. The molecule has 214 valence electrons. The zero-order valence-corrected chi connectivity index (χ0v) is 24.3. The van der Waals surface area contributed by atoms with Crippen LogP contribution in [0.5, 0.6) is 0 Å². The van der Waals surface area contributed by atoms with Gasteiger partial charge < -0.3 is 19.4 Å². The molecule has 1 atom stereocenters. The normalized spacial score (nSPS) is 15.1. The first kappa shape index (κ1) is 28.7. The van der Waals surface area contributed by atoms with Gasteiger partial charge in [-0.3, -0.25) is 9.78 Å². The summed E-state index contributed by atoms with van der Waals surface area (Å²) in [4.78, 5) is 30.7. The zero-order chi connectivity index (χ0) is 29.4. The van der Waals surface area contributed by atoms with Gasteiger partial charge in [0.1, 0.15) is 28.2 Å². The molecule has 2 aromatic carbocycles. The number of aromatic nitrogens is 1. The van der Waals surface area contributed by atoms with Gasteiger partial charge in [-0.15, -0.1) is 0 Å². The number of hydrogen-bond donors (Lipinski definition) is 1. The molecule has 1 saturated heterocycles. The van der Waals surface area contributed by atoms with E-state index >= 15 is 0 Å². The van der Waals surface area contributed by atoms with E-state index in [0.29, 0.717) is 41.1 Å². The van der Waals surface area contributed by atoms with Crippen molar-refractivity contribution in [2.45, 2.75) is 51.2 Å². The number of nitrogens with one attached hydrogen (secondary N) is 1. The highest BCUT2D eigenvalue weighted by Crippen LogP contribution is 2.37. The minimum atomic E-state index is -1.32. The number of benzene rings is 2. The van der Waals surface area contributed by atoms with Crippen molar-refractivity contribution in [3.63, 3.8) is 0 Å². The van der Waals surface area contributed by atoms with Gasteiger partial charge in [-0.25, -0.2) is 13.6 Å². The molecule has 7 nitrogen and oxygen atoms in total. The number of hydrogen-bond acceptors (Lipinski definition) is 5. The molecule has 5 rings (SSSR count). The lowest BCUT2D eigenvalue weighted by Crippen LogP contribution is -2.42. The van der Waals surface area contributed by atoms with Gasteiger partial charge in [0.25, 0.3) is 5.91 Å². The van der Waals surface area contributed by atoms with Crippen LogP contribution in [0.15, 0.2) is 65.3 Å². The van der Waals surface area contributed by atoms with Crippen molar-refractivity contribution in [1.82, 2.24) is 15.2 Å². The predicted octanol–water partition coefficient (Wildman–Crippen LogP) is 7.10. The molecule has 0 saturated carbocycles. The summed E-state index contributed by atoms with van der Waals surface area (Å²) in [6.45, 7) is 6.15. The predicted molar refractivity (Wildman–Crippen MR) is 157 cm³/mol. The summed E-state index contributed by atoms with van der Waals surface area (Å²) in [5.74, 6) is -0.158. The third-order valence-electron chi connectivity index (χ3n) is 6.88. The van der Waals surface area contributed by atoms with Gasteiger partial charge in [-0.1, -0.05) is 21.4 Å². The summed E-state index contributed by atoms with van der Waals surface area (Å²) in [6.07, 6.45) is 2.66.